The number of rotatable bonds is 4. The summed E-state index contributed by atoms with van der Waals surface area (Å²) < 4.78 is 9.89. The second-order valence-electron chi connectivity index (χ2n) is 3.48. The molecule has 1 aliphatic heterocycles. The van der Waals surface area contributed by atoms with Gasteiger partial charge in [0.05, 0.1) is 7.11 Å². The van der Waals surface area contributed by atoms with E-state index in [2.05, 4.69) is 0 Å². The third-order valence-corrected chi connectivity index (χ3v) is 3.22. The van der Waals surface area contributed by atoms with Crippen molar-refractivity contribution in [3.8, 4) is 5.75 Å². The van der Waals surface area contributed by atoms with Crippen molar-refractivity contribution in [1.29, 1.82) is 0 Å². The summed E-state index contributed by atoms with van der Waals surface area (Å²) in [5.74, 6) is 0.123. The predicted octanol–water partition coefficient (Wildman–Crippen LogP) is 0.567. The number of thioether (sulfide) groups is 1. The molecule has 5 nitrogen and oxygen atoms in total. The number of amides is 1. The zero-order chi connectivity index (χ0) is 12.4. The molecular weight excluding hydrogens is 242 g/mol. The Labute approximate surface area is 102 Å². The summed E-state index contributed by atoms with van der Waals surface area (Å²) in [6.07, 6.45) is -1.45. The van der Waals surface area contributed by atoms with Crippen LogP contribution < -0.4 is 10.5 Å². The van der Waals surface area contributed by atoms with Gasteiger partial charge < -0.3 is 15.2 Å². The number of ether oxygens (including phenoxy) is 2. The van der Waals surface area contributed by atoms with Crippen LogP contribution in [0.2, 0.25) is 0 Å². The number of hydrogen-bond donors (Lipinski definition) is 1. The molecule has 1 aromatic rings. The van der Waals surface area contributed by atoms with Gasteiger partial charge in [-0.2, -0.15) is 0 Å². The van der Waals surface area contributed by atoms with Crippen molar-refractivity contribution in [3.05, 3.63) is 24.3 Å². The van der Waals surface area contributed by atoms with E-state index < -0.39 is 18.1 Å². The van der Waals surface area contributed by atoms with Crippen LogP contribution in [0.5, 0.6) is 5.75 Å². The van der Waals surface area contributed by atoms with Crippen LogP contribution in [-0.4, -0.2) is 30.3 Å². The molecule has 1 amide bonds. The first-order valence-corrected chi connectivity index (χ1v) is 5.74. The van der Waals surface area contributed by atoms with Gasteiger partial charge in [0, 0.05) is 4.90 Å². The van der Waals surface area contributed by atoms with Crippen molar-refractivity contribution in [2.45, 2.75) is 17.1 Å². The molecular formula is C11H11NO4S. The van der Waals surface area contributed by atoms with Crippen molar-refractivity contribution in [3.63, 3.8) is 0 Å². The van der Waals surface area contributed by atoms with E-state index in [1.165, 1.54) is 0 Å². The van der Waals surface area contributed by atoms with Crippen LogP contribution in [0.3, 0.4) is 0 Å². The maximum absolute atomic E-state index is 11.6. The average molecular weight is 253 g/mol. The number of nitrogens with two attached hydrogens (primary N) is 1. The molecule has 90 valence electrons. The van der Waals surface area contributed by atoms with Crippen molar-refractivity contribution >= 4 is 22.8 Å². The van der Waals surface area contributed by atoms with Gasteiger partial charge in [0.2, 0.25) is 11.0 Å². The minimum Gasteiger partial charge on any atom is -0.497 e. The first kappa shape index (κ1) is 11.9. The van der Waals surface area contributed by atoms with Crippen LogP contribution in [0.1, 0.15) is 0 Å². The lowest BCUT2D eigenvalue weighted by Crippen LogP contribution is -2.21. The number of methoxy groups -OCH3 is 1. The van der Waals surface area contributed by atoms with Crippen molar-refractivity contribution in [2.24, 2.45) is 5.73 Å². The Bertz CT molecular complexity index is 445. The minimum atomic E-state index is -0.756. The van der Waals surface area contributed by atoms with Gasteiger partial charge in [-0.3, -0.25) is 9.59 Å². The number of primary amides is 1. The quantitative estimate of drug-likeness (QED) is 0.626. The van der Waals surface area contributed by atoms with Gasteiger partial charge in [-0.05, 0) is 36.0 Å². The molecule has 0 spiro atoms. The fraction of sp³-hybridized carbons (Fsp3) is 0.273. The number of epoxide rings is 1. The molecule has 6 heteroatoms. The fourth-order valence-corrected chi connectivity index (χ4v) is 2.13. The van der Waals surface area contributed by atoms with Crippen molar-refractivity contribution in [1.82, 2.24) is 0 Å². The highest BCUT2D eigenvalue weighted by molar-refractivity contribution is 8.13. The number of hydrogen-bond acceptors (Lipinski definition) is 5. The van der Waals surface area contributed by atoms with E-state index in [9.17, 15) is 9.59 Å². The van der Waals surface area contributed by atoms with E-state index in [4.69, 9.17) is 15.2 Å². The van der Waals surface area contributed by atoms with E-state index in [1.807, 2.05) is 0 Å². The van der Waals surface area contributed by atoms with Crippen LogP contribution in [0.4, 0.5) is 0 Å². The fourth-order valence-electron chi connectivity index (χ4n) is 1.33. The first-order valence-electron chi connectivity index (χ1n) is 4.92. The number of benzene rings is 1. The Morgan fingerprint density at radius 2 is 1.94 bits per heavy atom. The molecule has 1 aromatic carbocycles. The summed E-state index contributed by atoms with van der Waals surface area (Å²) >= 11 is 1.03. The third-order valence-electron chi connectivity index (χ3n) is 2.28. The van der Waals surface area contributed by atoms with E-state index in [1.54, 1.807) is 31.4 Å². The molecule has 2 rings (SSSR count). The van der Waals surface area contributed by atoms with Gasteiger partial charge in [0.15, 0.2) is 12.2 Å². The zero-order valence-electron chi connectivity index (χ0n) is 9.08. The molecule has 1 fully saturated rings. The second kappa shape index (κ2) is 4.77. The summed E-state index contributed by atoms with van der Waals surface area (Å²) in [6, 6.07) is 7.05. The summed E-state index contributed by atoms with van der Waals surface area (Å²) in [7, 11) is 1.57. The molecule has 17 heavy (non-hydrogen) atoms. The zero-order valence-corrected chi connectivity index (χ0v) is 9.90. The standard InChI is InChI=1S/C11H11NO4S/c1-15-6-2-4-7(5-3-6)17-11(14)9-8(16-9)10(12)13/h2-5,8-9H,1H3,(H2,12,13). The van der Waals surface area contributed by atoms with Gasteiger partial charge in [-0.25, -0.2) is 0 Å². The lowest BCUT2D eigenvalue weighted by atomic mass is 10.3. The Hall–Kier alpha value is -1.53. The SMILES string of the molecule is COc1ccc(SC(=O)C2OC2C(N)=O)cc1. The largest absolute Gasteiger partial charge is 0.497 e. The van der Waals surface area contributed by atoms with Gasteiger partial charge in [0.25, 0.3) is 0 Å². The molecule has 0 saturated carbocycles. The Morgan fingerprint density at radius 3 is 2.41 bits per heavy atom. The molecule has 0 bridgehead atoms. The summed E-state index contributed by atoms with van der Waals surface area (Å²) in [5.41, 5.74) is 5.02. The Kier molecular flexibility index (Phi) is 3.35. The minimum absolute atomic E-state index is 0.209. The smallest absolute Gasteiger partial charge is 0.249 e. The molecule has 1 heterocycles. The summed E-state index contributed by atoms with van der Waals surface area (Å²) in [5, 5.41) is -0.209. The maximum atomic E-state index is 11.6. The summed E-state index contributed by atoms with van der Waals surface area (Å²) in [4.78, 5) is 23.1. The highest BCUT2D eigenvalue weighted by Gasteiger charge is 2.49. The van der Waals surface area contributed by atoms with E-state index in [-0.39, 0.29) is 5.12 Å². The van der Waals surface area contributed by atoms with Crippen LogP contribution >= 0.6 is 11.8 Å². The van der Waals surface area contributed by atoms with E-state index in [0.717, 1.165) is 22.4 Å². The van der Waals surface area contributed by atoms with Gasteiger partial charge in [-0.1, -0.05) is 0 Å². The van der Waals surface area contributed by atoms with E-state index >= 15 is 0 Å². The normalized spacial score (nSPS) is 21.9. The molecule has 1 saturated heterocycles. The molecule has 0 aliphatic carbocycles. The lowest BCUT2D eigenvalue weighted by Gasteiger charge is -2.01. The predicted molar refractivity (Wildman–Crippen MR) is 61.7 cm³/mol. The van der Waals surface area contributed by atoms with Gasteiger partial charge in [0.1, 0.15) is 5.75 Å². The van der Waals surface area contributed by atoms with Crippen molar-refractivity contribution in [2.75, 3.05) is 7.11 Å². The van der Waals surface area contributed by atoms with Crippen LogP contribution in [0, 0.1) is 0 Å². The highest BCUT2D eigenvalue weighted by atomic mass is 32.2. The number of carbonyl (C=O) groups is 2. The Balaban J connectivity index is 1.93. The maximum Gasteiger partial charge on any atom is 0.249 e. The first-order chi connectivity index (χ1) is 8.11. The molecule has 2 unspecified atom stereocenters. The topological polar surface area (TPSA) is 81.9 Å². The second-order valence-corrected chi connectivity index (χ2v) is 4.55. The van der Waals surface area contributed by atoms with E-state index in [0.29, 0.717) is 0 Å². The van der Waals surface area contributed by atoms with Gasteiger partial charge in [-0.15, -0.1) is 0 Å². The van der Waals surface area contributed by atoms with Gasteiger partial charge >= 0.3 is 0 Å². The highest BCUT2D eigenvalue weighted by Crippen LogP contribution is 2.31. The lowest BCUT2D eigenvalue weighted by molar-refractivity contribution is -0.119. The number of carbonyl (C=O) groups excluding carboxylic acids is 2. The molecule has 1 aliphatic rings. The average Bonchev–Trinajstić information content (AvgIpc) is 3.10. The summed E-state index contributed by atoms with van der Waals surface area (Å²) in [6.45, 7) is 0. The molecule has 2 N–H and O–H groups in total. The third kappa shape index (κ3) is 2.78. The van der Waals surface area contributed by atoms with Crippen LogP contribution in [0.15, 0.2) is 29.2 Å². The van der Waals surface area contributed by atoms with Crippen LogP contribution in [0.25, 0.3) is 0 Å². The van der Waals surface area contributed by atoms with Crippen LogP contribution in [-0.2, 0) is 14.3 Å². The monoisotopic (exact) mass is 253 g/mol. The molecule has 0 radical (unpaired) electrons. The molecule has 0 aromatic heterocycles. The molecule has 2 atom stereocenters. The Morgan fingerprint density at radius 1 is 1.29 bits per heavy atom. The van der Waals surface area contributed by atoms with Crippen molar-refractivity contribution < 1.29 is 19.1 Å².